The number of carbonyl (C=O) groups excluding carboxylic acids is 1. The van der Waals surface area contributed by atoms with E-state index in [1.165, 1.54) is 12.1 Å². The molecule has 6 heteroatoms. The molecule has 0 fully saturated rings. The van der Waals surface area contributed by atoms with Crippen LogP contribution in [0, 0.1) is 0 Å². The van der Waals surface area contributed by atoms with Gasteiger partial charge in [0.25, 0.3) is 5.91 Å². The number of carboxylic acids is 1. The number of aromatic carboxylic acids is 1. The minimum atomic E-state index is -1.03. The number of hydrogen-bond donors (Lipinski definition) is 3. The first kappa shape index (κ1) is 12.4. The minimum absolute atomic E-state index is 0.125. The summed E-state index contributed by atoms with van der Waals surface area (Å²) >= 11 is 3.23. The van der Waals surface area contributed by atoms with Crippen LogP contribution >= 0.6 is 15.9 Å². The van der Waals surface area contributed by atoms with Gasteiger partial charge in [0.05, 0.1) is 5.56 Å². The van der Waals surface area contributed by atoms with Gasteiger partial charge in [0.15, 0.2) is 0 Å². The van der Waals surface area contributed by atoms with Gasteiger partial charge in [0.1, 0.15) is 5.69 Å². The van der Waals surface area contributed by atoms with Crippen LogP contribution in [0.1, 0.15) is 20.8 Å². The standard InChI is InChI=1S/C12H9BrN2O3/c13-8-5-10(14-6-8)11(16)15-9-3-1-2-7(4-9)12(17)18/h1-6,14H,(H,15,16)(H,17,18). The zero-order chi connectivity index (χ0) is 13.1. The van der Waals surface area contributed by atoms with Crippen molar-refractivity contribution < 1.29 is 14.7 Å². The Kier molecular flexibility index (Phi) is 3.47. The molecule has 0 atom stereocenters. The number of carbonyl (C=O) groups is 2. The van der Waals surface area contributed by atoms with Crippen LogP contribution in [-0.2, 0) is 0 Å². The summed E-state index contributed by atoms with van der Waals surface area (Å²) in [6.45, 7) is 0. The highest BCUT2D eigenvalue weighted by atomic mass is 79.9. The van der Waals surface area contributed by atoms with Crippen LogP contribution in [0.3, 0.4) is 0 Å². The molecule has 0 aliphatic rings. The van der Waals surface area contributed by atoms with E-state index in [-0.39, 0.29) is 11.5 Å². The number of H-pyrrole nitrogens is 1. The predicted molar refractivity (Wildman–Crippen MR) is 69.8 cm³/mol. The number of nitrogens with one attached hydrogen (secondary N) is 2. The lowest BCUT2D eigenvalue weighted by Gasteiger charge is -2.04. The highest BCUT2D eigenvalue weighted by Crippen LogP contribution is 2.14. The lowest BCUT2D eigenvalue weighted by atomic mass is 10.2. The summed E-state index contributed by atoms with van der Waals surface area (Å²) in [5.41, 5.74) is 0.952. The van der Waals surface area contributed by atoms with Crippen molar-refractivity contribution in [2.24, 2.45) is 0 Å². The number of aromatic nitrogens is 1. The Bertz CT molecular complexity index is 607. The Morgan fingerprint density at radius 3 is 2.67 bits per heavy atom. The molecule has 0 radical (unpaired) electrons. The van der Waals surface area contributed by atoms with Gasteiger partial charge in [-0.05, 0) is 40.2 Å². The Labute approximate surface area is 111 Å². The molecule has 0 unspecified atom stereocenters. The van der Waals surface area contributed by atoms with E-state index >= 15 is 0 Å². The summed E-state index contributed by atoms with van der Waals surface area (Å²) < 4.78 is 0.770. The molecule has 0 saturated heterocycles. The maximum atomic E-state index is 11.8. The number of halogens is 1. The maximum Gasteiger partial charge on any atom is 0.335 e. The van der Waals surface area contributed by atoms with E-state index in [4.69, 9.17) is 5.11 Å². The number of benzene rings is 1. The molecule has 0 bridgehead atoms. The average Bonchev–Trinajstić information content (AvgIpc) is 2.76. The first-order valence-corrected chi connectivity index (χ1v) is 5.84. The summed E-state index contributed by atoms with van der Waals surface area (Å²) in [5, 5.41) is 11.5. The molecule has 0 saturated carbocycles. The van der Waals surface area contributed by atoms with Gasteiger partial charge < -0.3 is 15.4 Å². The van der Waals surface area contributed by atoms with Gasteiger partial charge in [-0.3, -0.25) is 4.79 Å². The minimum Gasteiger partial charge on any atom is -0.478 e. The lowest BCUT2D eigenvalue weighted by Crippen LogP contribution is -2.12. The van der Waals surface area contributed by atoms with Gasteiger partial charge in [-0.1, -0.05) is 6.07 Å². The molecular weight excluding hydrogens is 300 g/mol. The molecule has 1 aromatic carbocycles. The number of hydrogen-bond acceptors (Lipinski definition) is 2. The topological polar surface area (TPSA) is 82.2 Å². The van der Waals surface area contributed by atoms with Crippen LogP contribution in [0.25, 0.3) is 0 Å². The largest absolute Gasteiger partial charge is 0.478 e. The smallest absolute Gasteiger partial charge is 0.335 e. The fourth-order valence-electron chi connectivity index (χ4n) is 1.43. The Morgan fingerprint density at radius 2 is 2.06 bits per heavy atom. The second kappa shape index (κ2) is 5.05. The second-order valence-electron chi connectivity index (χ2n) is 3.57. The third kappa shape index (κ3) is 2.78. The molecule has 1 aromatic heterocycles. The SMILES string of the molecule is O=C(O)c1cccc(NC(=O)c2cc(Br)c[nH]2)c1. The van der Waals surface area contributed by atoms with E-state index < -0.39 is 5.97 Å². The Hall–Kier alpha value is -2.08. The average molecular weight is 309 g/mol. The number of amides is 1. The Morgan fingerprint density at radius 1 is 1.28 bits per heavy atom. The van der Waals surface area contributed by atoms with Crippen molar-refractivity contribution in [3.63, 3.8) is 0 Å². The summed E-state index contributed by atoms with van der Waals surface area (Å²) in [4.78, 5) is 25.4. The van der Waals surface area contributed by atoms with Crippen LogP contribution in [0.4, 0.5) is 5.69 Å². The van der Waals surface area contributed by atoms with Crippen LogP contribution in [0.15, 0.2) is 41.0 Å². The van der Waals surface area contributed by atoms with Crippen LogP contribution in [0.5, 0.6) is 0 Å². The molecule has 92 valence electrons. The van der Waals surface area contributed by atoms with Gasteiger partial charge >= 0.3 is 5.97 Å². The van der Waals surface area contributed by atoms with Crippen molar-refractivity contribution >= 4 is 33.5 Å². The van der Waals surface area contributed by atoms with Gasteiger partial charge in [-0.2, -0.15) is 0 Å². The van der Waals surface area contributed by atoms with Crippen LogP contribution < -0.4 is 5.32 Å². The fourth-order valence-corrected chi connectivity index (χ4v) is 1.77. The molecule has 0 aliphatic carbocycles. The van der Waals surface area contributed by atoms with E-state index in [1.54, 1.807) is 24.4 Å². The van der Waals surface area contributed by atoms with Crippen LogP contribution in [0.2, 0.25) is 0 Å². The molecule has 0 aliphatic heterocycles. The number of carboxylic acid groups (broad SMARTS) is 1. The zero-order valence-corrected chi connectivity index (χ0v) is 10.7. The zero-order valence-electron chi connectivity index (χ0n) is 9.11. The highest BCUT2D eigenvalue weighted by molar-refractivity contribution is 9.10. The van der Waals surface area contributed by atoms with Crippen molar-refractivity contribution in [2.75, 3.05) is 5.32 Å². The van der Waals surface area contributed by atoms with Crippen molar-refractivity contribution in [3.05, 3.63) is 52.3 Å². The maximum absolute atomic E-state index is 11.8. The molecule has 1 heterocycles. The molecule has 3 N–H and O–H groups in total. The third-order valence-electron chi connectivity index (χ3n) is 2.26. The van der Waals surface area contributed by atoms with E-state index in [2.05, 4.69) is 26.2 Å². The quantitative estimate of drug-likeness (QED) is 0.815. The summed E-state index contributed by atoms with van der Waals surface area (Å²) in [5.74, 6) is -1.36. The van der Waals surface area contributed by atoms with Gasteiger partial charge in [-0.25, -0.2) is 4.79 Å². The van der Waals surface area contributed by atoms with E-state index in [0.29, 0.717) is 11.4 Å². The van der Waals surface area contributed by atoms with Gasteiger partial charge in [0, 0.05) is 16.4 Å². The second-order valence-corrected chi connectivity index (χ2v) is 4.49. The number of aromatic amines is 1. The molecule has 2 rings (SSSR count). The fraction of sp³-hybridized carbons (Fsp3) is 0. The first-order chi connectivity index (χ1) is 8.56. The van der Waals surface area contributed by atoms with Crippen molar-refractivity contribution in [3.8, 4) is 0 Å². The van der Waals surface area contributed by atoms with Gasteiger partial charge in [-0.15, -0.1) is 0 Å². The first-order valence-electron chi connectivity index (χ1n) is 5.05. The highest BCUT2D eigenvalue weighted by Gasteiger charge is 2.09. The monoisotopic (exact) mass is 308 g/mol. The molecule has 0 spiro atoms. The molecular formula is C12H9BrN2O3. The molecule has 18 heavy (non-hydrogen) atoms. The summed E-state index contributed by atoms with van der Waals surface area (Å²) in [6, 6.07) is 7.70. The van der Waals surface area contributed by atoms with Crippen LogP contribution in [-0.4, -0.2) is 22.0 Å². The summed E-state index contributed by atoms with van der Waals surface area (Å²) in [7, 11) is 0. The predicted octanol–water partition coefficient (Wildman–Crippen LogP) is 2.73. The van der Waals surface area contributed by atoms with E-state index in [0.717, 1.165) is 4.47 Å². The van der Waals surface area contributed by atoms with Crippen molar-refractivity contribution in [1.29, 1.82) is 0 Å². The molecule has 2 aromatic rings. The number of anilines is 1. The van der Waals surface area contributed by atoms with E-state index in [1.807, 2.05) is 0 Å². The molecule has 1 amide bonds. The van der Waals surface area contributed by atoms with Gasteiger partial charge in [0.2, 0.25) is 0 Å². The number of rotatable bonds is 3. The Balaban J connectivity index is 2.16. The normalized spacial score (nSPS) is 10.1. The third-order valence-corrected chi connectivity index (χ3v) is 2.72. The van der Waals surface area contributed by atoms with Crippen molar-refractivity contribution in [2.45, 2.75) is 0 Å². The van der Waals surface area contributed by atoms with Crippen molar-refractivity contribution in [1.82, 2.24) is 4.98 Å². The lowest BCUT2D eigenvalue weighted by molar-refractivity contribution is 0.0696. The van der Waals surface area contributed by atoms with E-state index in [9.17, 15) is 9.59 Å². The summed E-state index contributed by atoms with van der Waals surface area (Å²) in [6.07, 6.45) is 1.64. The molecule has 5 nitrogen and oxygen atoms in total.